The van der Waals surface area contributed by atoms with E-state index in [-0.39, 0.29) is 11.2 Å². The number of methoxy groups -OCH3 is 1. The number of benzene rings is 2. The van der Waals surface area contributed by atoms with Gasteiger partial charge < -0.3 is 15.0 Å². The van der Waals surface area contributed by atoms with Crippen molar-refractivity contribution in [2.75, 3.05) is 37.0 Å². The number of nitriles is 1. The highest BCUT2D eigenvalue weighted by Crippen LogP contribution is 2.32. The smallest absolute Gasteiger partial charge is 0.149 e. The van der Waals surface area contributed by atoms with Crippen LogP contribution in [0.4, 0.5) is 15.9 Å². The number of nitrogens with one attached hydrogen (secondary N) is 1. The molecule has 0 spiro atoms. The second kappa shape index (κ2) is 10.9. The number of piperidine rings is 1. The van der Waals surface area contributed by atoms with Crippen LogP contribution in [0.1, 0.15) is 57.4 Å². The van der Waals surface area contributed by atoms with E-state index in [4.69, 9.17) is 15.1 Å². The predicted molar refractivity (Wildman–Crippen MR) is 146 cm³/mol. The fraction of sp³-hybridized carbons (Fsp3) is 0.467. The molecule has 1 aliphatic heterocycles. The number of ether oxygens (including phenoxy) is 1. The average Bonchev–Trinajstić information content (AvgIpc) is 3.37. The lowest BCUT2D eigenvalue weighted by Gasteiger charge is -2.39. The third-order valence-electron chi connectivity index (χ3n) is 8.16. The van der Waals surface area contributed by atoms with Crippen LogP contribution < -0.4 is 10.2 Å². The van der Waals surface area contributed by atoms with Gasteiger partial charge in [0.1, 0.15) is 17.7 Å². The Morgan fingerprint density at radius 2 is 1.76 bits per heavy atom. The Morgan fingerprint density at radius 3 is 2.41 bits per heavy atom. The molecule has 1 saturated heterocycles. The minimum atomic E-state index is -0.520. The van der Waals surface area contributed by atoms with Crippen molar-refractivity contribution in [3.63, 3.8) is 0 Å². The van der Waals surface area contributed by atoms with Gasteiger partial charge in [0.25, 0.3) is 0 Å². The number of aromatic nitrogens is 2. The number of hydrogen-bond acceptors (Lipinski definition) is 5. The molecule has 2 aliphatic rings. The summed E-state index contributed by atoms with van der Waals surface area (Å²) in [6.45, 7) is 4.98. The summed E-state index contributed by atoms with van der Waals surface area (Å²) in [7, 11) is 1.80. The van der Waals surface area contributed by atoms with Crippen molar-refractivity contribution in [2.45, 2.75) is 57.5 Å². The molecule has 2 heterocycles. The molecule has 3 aromatic rings. The molecule has 1 aliphatic carbocycles. The first kappa shape index (κ1) is 25.3. The molecule has 37 heavy (non-hydrogen) atoms. The number of rotatable bonds is 7. The highest BCUT2D eigenvalue weighted by molar-refractivity contribution is 5.67. The van der Waals surface area contributed by atoms with E-state index in [2.05, 4.69) is 41.4 Å². The van der Waals surface area contributed by atoms with Crippen molar-refractivity contribution in [1.82, 2.24) is 9.78 Å². The minimum absolute atomic E-state index is 0.0425. The van der Waals surface area contributed by atoms with Crippen LogP contribution in [0.15, 0.2) is 48.5 Å². The van der Waals surface area contributed by atoms with Gasteiger partial charge in [-0.05, 0) is 74.9 Å². The Labute approximate surface area is 219 Å². The van der Waals surface area contributed by atoms with E-state index in [1.807, 2.05) is 16.8 Å². The Kier molecular flexibility index (Phi) is 7.48. The average molecular weight is 502 g/mol. The Hall–Kier alpha value is -3.37. The quantitative estimate of drug-likeness (QED) is 0.398. The Morgan fingerprint density at radius 1 is 1.05 bits per heavy atom. The lowest BCUT2D eigenvalue weighted by molar-refractivity contribution is -0.0132. The van der Waals surface area contributed by atoms with Gasteiger partial charge in [-0.25, -0.2) is 9.07 Å². The molecule has 1 N–H and O–H groups in total. The standard InChI is InChI=1S/C30H36FN5O/c1-30(37-2)14-16-35(17-15-30)25-10-12-26(13-11-25)36-28(23-8-9-24(20-32)27(31)18-23)19-29(34-36)33-21-22-6-4-3-5-7-22/h8-13,18-19,22H,3-7,14-17,21H2,1-2H3,(H,33,34). The van der Waals surface area contributed by atoms with Gasteiger partial charge >= 0.3 is 0 Å². The molecule has 0 radical (unpaired) electrons. The predicted octanol–water partition coefficient (Wildman–Crippen LogP) is 6.55. The first-order valence-electron chi connectivity index (χ1n) is 13.4. The van der Waals surface area contributed by atoms with Crippen LogP contribution in [0, 0.1) is 23.1 Å². The van der Waals surface area contributed by atoms with Crippen molar-refractivity contribution in [3.8, 4) is 23.0 Å². The molecule has 7 heteroatoms. The van der Waals surface area contributed by atoms with Gasteiger partial charge in [-0.15, -0.1) is 5.10 Å². The summed E-state index contributed by atoms with van der Waals surface area (Å²) in [4.78, 5) is 2.39. The molecule has 0 atom stereocenters. The molecule has 194 valence electrons. The lowest BCUT2D eigenvalue weighted by Crippen LogP contribution is -2.43. The summed E-state index contributed by atoms with van der Waals surface area (Å²) in [6, 6.07) is 17.0. The van der Waals surface area contributed by atoms with E-state index in [0.29, 0.717) is 11.5 Å². The molecule has 0 unspecified atom stereocenters. The van der Waals surface area contributed by atoms with E-state index in [1.165, 1.54) is 49.9 Å². The topological polar surface area (TPSA) is 66.1 Å². The summed E-state index contributed by atoms with van der Waals surface area (Å²) in [5.41, 5.74) is 3.56. The zero-order valence-corrected chi connectivity index (χ0v) is 21.8. The van der Waals surface area contributed by atoms with Crippen molar-refractivity contribution >= 4 is 11.5 Å². The van der Waals surface area contributed by atoms with E-state index >= 15 is 0 Å². The first-order chi connectivity index (χ1) is 18.0. The maximum atomic E-state index is 14.5. The Balaban J connectivity index is 1.40. The number of halogens is 1. The molecule has 2 fully saturated rings. The fourth-order valence-electron chi connectivity index (χ4n) is 5.52. The zero-order chi connectivity index (χ0) is 25.8. The van der Waals surface area contributed by atoms with Crippen LogP contribution in [0.3, 0.4) is 0 Å². The van der Waals surface area contributed by atoms with Gasteiger partial charge in [0, 0.05) is 44.1 Å². The van der Waals surface area contributed by atoms with Crippen LogP contribution in [0.25, 0.3) is 16.9 Å². The van der Waals surface area contributed by atoms with Crippen molar-refractivity contribution < 1.29 is 9.13 Å². The van der Waals surface area contributed by atoms with Crippen molar-refractivity contribution in [3.05, 3.63) is 59.9 Å². The van der Waals surface area contributed by atoms with Crippen LogP contribution in [-0.4, -0.2) is 42.1 Å². The first-order valence-corrected chi connectivity index (χ1v) is 13.4. The lowest BCUT2D eigenvalue weighted by atomic mass is 9.89. The monoisotopic (exact) mass is 501 g/mol. The van der Waals surface area contributed by atoms with Gasteiger partial charge in [0.15, 0.2) is 0 Å². The van der Waals surface area contributed by atoms with Crippen LogP contribution in [-0.2, 0) is 4.74 Å². The minimum Gasteiger partial charge on any atom is -0.378 e. The van der Waals surface area contributed by atoms with Crippen LogP contribution in [0.2, 0.25) is 0 Å². The van der Waals surface area contributed by atoms with Gasteiger partial charge in [0.2, 0.25) is 0 Å². The van der Waals surface area contributed by atoms with E-state index in [9.17, 15) is 4.39 Å². The number of hydrogen-bond donors (Lipinski definition) is 1. The SMILES string of the molecule is COC1(C)CCN(c2ccc(-n3nc(NCC4CCCCC4)cc3-c3ccc(C#N)c(F)c3)cc2)CC1. The summed E-state index contributed by atoms with van der Waals surface area (Å²) >= 11 is 0. The highest BCUT2D eigenvalue weighted by Gasteiger charge is 2.29. The molecule has 5 rings (SSSR count). The summed E-state index contributed by atoms with van der Waals surface area (Å²) in [6.07, 6.45) is 8.42. The third-order valence-corrected chi connectivity index (χ3v) is 8.16. The third kappa shape index (κ3) is 5.65. The van der Waals surface area contributed by atoms with E-state index < -0.39 is 5.82 Å². The molecule has 1 saturated carbocycles. The second-order valence-corrected chi connectivity index (χ2v) is 10.7. The largest absolute Gasteiger partial charge is 0.378 e. The van der Waals surface area contributed by atoms with Gasteiger partial charge in [-0.2, -0.15) is 5.26 Å². The molecule has 0 bridgehead atoms. The Bertz CT molecular complexity index is 1250. The van der Waals surface area contributed by atoms with Crippen molar-refractivity contribution in [2.24, 2.45) is 5.92 Å². The molecule has 2 aromatic carbocycles. The molecule has 6 nitrogen and oxygen atoms in total. The molecule has 1 aromatic heterocycles. The van der Waals surface area contributed by atoms with Gasteiger partial charge in [-0.1, -0.05) is 25.3 Å². The number of anilines is 2. The van der Waals surface area contributed by atoms with Gasteiger partial charge in [0.05, 0.1) is 22.5 Å². The highest BCUT2D eigenvalue weighted by atomic mass is 19.1. The molecular weight excluding hydrogens is 465 g/mol. The summed E-state index contributed by atoms with van der Waals surface area (Å²) in [5, 5.41) is 17.6. The maximum Gasteiger partial charge on any atom is 0.149 e. The molecular formula is C30H36FN5O. The zero-order valence-electron chi connectivity index (χ0n) is 21.8. The maximum absolute atomic E-state index is 14.5. The van der Waals surface area contributed by atoms with Crippen molar-refractivity contribution in [1.29, 1.82) is 5.26 Å². The van der Waals surface area contributed by atoms with Crippen LogP contribution in [0.5, 0.6) is 0 Å². The van der Waals surface area contributed by atoms with E-state index in [0.717, 1.165) is 49.7 Å². The normalized spacial score (nSPS) is 17.9. The summed E-state index contributed by atoms with van der Waals surface area (Å²) < 4.78 is 22.1. The van der Waals surface area contributed by atoms with Crippen LogP contribution >= 0.6 is 0 Å². The fourth-order valence-corrected chi connectivity index (χ4v) is 5.52. The van der Waals surface area contributed by atoms with Gasteiger partial charge in [-0.3, -0.25) is 0 Å². The number of nitrogens with zero attached hydrogens (tertiary/aromatic N) is 4. The summed E-state index contributed by atoms with van der Waals surface area (Å²) in [5.74, 6) is 0.927. The van der Waals surface area contributed by atoms with E-state index in [1.54, 1.807) is 13.2 Å². The molecule has 0 amide bonds. The second-order valence-electron chi connectivity index (χ2n) is 10.7.